The number of nitrogens with zero attached hydrogens (tertiary/aromatic N) is 4. The van der Waals surface area contributed by atoms with Crippen molar-refractivity contribution in [2.45, 2.75) is 32.8 Å². The molecule has 0 radical (unpaired) electrons. The fourth-order valence-corrected chi connectivity index (χ4v) is 2.59. The van der Waals surface area contributed by atoms with Crippen LogP contribution >= 0.6 is 0 Å². The van der Waals surface area contributed by atoms with Crippen LogP contribution in [0.5, 0.6) is 5.88 Å². The summed E-state index contributed by atoms with van der Waals surface area (Å²) < 4.78 is 10.8. The van der Waals surface area contributed by atoms with Crippen molar-refractivity contribution in [2.24, 2.45) is 0 Å². The van der Waals surface area contributed by atoms with Gasteiger partial charge >= 0.3 is 0 Å². The Morgan fingerprint density at radius 2 is 2.36 bits per heavy atom. The highest BCUT2D eigenvalue weighted by atomic mass is 16.5. The van der Waals surface area contributed by atoms with Crippen molar-refractivity contribution < 1.29 is 14.1 Å². The van der Waals surface area contributed by atoms with Crippen molar-refractivity contribution in [3.05, 3.63) is 35.3 Å². The maximum Gasteiger partial charge on any atom is 0.233 e. The van der Waals surface area contributed by atoms with E-state index in [9.17, 15) is 4.79 Å². The van der Waals surface area contributed by atoms with Crippen molar-refractivity contribution in [3.63, 3.8) is 0 Å². The van der Waals surface area contributed by atoms with E-state index in [0.29, 0.717) is 31.2 Å². The first kappa shape index (κ1) is 14.5. The van der Waals surface area contributed by atoms with Crippen LogP contribution in [0.15, 0.2) is 22.9 Å². The van der Waals surface area contributed by atoms with Gasteiger partial charge < -0.3 is 14.2 Å². The molecule has 0 saturated carbocycles. The fraction of sp³-hybridized carbons (Fsp3) is 0.467. The van der Waals surface area contributed by atoms with Crippen molar-refractivity contribution >= 4 is 5.91 Å². The minimum absolute atomic E-state index is 0.0367. The number of likely N-dealkylation sites (tertiary alicyclic amines) is 1. The van der Waals surface area contributed by atoms with Gasteiger partial charge in [0, 0.05) is 30.8 Å². The van der Waals surface area contributed by atoms with E-state index >= 15 is 0 Å². The predicted molar refractivity (Wildman–Crippen MR) is 77.3 cm³/mol. The van der Waals surface area contributed by atoms with Gasteiger partial charge in [-0.2, -0.15) is 5.10 Å². The molecule has 116 valence electrons. The van der Waals surface area contributed by atoms with Gasteiger partial charge in [-0.3, -0.25) is 4.79 Å². The lowest BCUT2D eigenvalue weighted by molar-refractivity contribution is -0.129. The highest BCUT2D eigenvalue weighted by molar-refractivity contribution is 5.79. The zero-order valence-corrected chi connectivity index (χ0v) is 12.7. The molecule has 0 unspecified atom stereocenters. The topological polar surface area (TPSA) is 81.4 Å². The molecule has 2 aromatic heterocycles. The van der Waals surface area contributed by atoms with E-state index in [-0.39, 0.29) is 12.0 Å². The molecule has 2 aromatic rings. The summed E-state index contributed by atoms with van der Waals surface area (Å²) in [4.78, 5) is 14.2. The number of hydrogen-bond donors (Lipinski definition) is 0. The van der Waals surface area contributed by atoms with Crippen LogP contribution in [0.2, 0.25) is 0 Å². The first-order valence-corrected chi connectivity index (χ1v) is 7.27. The maximum absolute atomic E-state index is 12.4. The van der Waals surface area contributed by atoms with Gasteiger partial charge in [0.25, 0.3) is 0 Å². The van der Waals surface area contributed by atoms with E-state index in [2.05, 4.69) is 15.4 Å². The lowest BCUT2D eigenvalue weighted by Gasteiger charge is -2.16. The number of amides is 1. The molecule has 1 saturated heterocycles. The van der Waals surface area contributed by atoms with Gasteiger partial charge in [0.05, 0.1) is 18.7 Å². The number of carbonyl (C=O) groups is 1. The summed E-state index contributed by atoms with van der Waals surface area (Å²) in [6.45, 7) is 4.93. The molecule has 3 rings (SSSR count). The third-order valence-corrected chi connectivity index (χ3v) is 3.84. The van der Waals surface area contributed by atoms with E-state index in [4.69, 9.17) is 9.26 Å². The summed E-state index contributed by atoms with van der Waals surface area (Å²) in [6.07, 6.45) is 2.68. The Hall–Kier alpha value is -2.44. The summed E-state index contributed by atoms with van der Waals surface area (Å²) in [5, 5.41) is 11.6. The average Bonchev–Trinajstić information content (AvgIpc) is 3.10. The van der Waals surface area contributed by atoms with Crippen LogP contribution in [-0.4, -0.2) is 45.4 Å². The Morgan fingerprint density at radius 1 is 1.50 bits per heavy atom. The lowest BCUT2D eigenvalue weighted by Crippen LogP contribution is -2.32. The SMILES string of the molecule is Cc1noc(C)c1CC(=O)N1CC[C@@H](Oc2cccnn2)C1. The van der Waals surface area contributed by atoms with Gasteiger partial charge in [-0.1, -0.05) is 5.16 Å². The van der Waals surface area contributed by atoms with Crippen molar-refractivity contribution in [3.8, 4) is 5.88 Å². The van der Waals surface area contributed by atoms with Gasteiger partial charge in [-0.05, 0) is 19.9 Å². The number of carbonyl (C=O) groups excluding carboxylic acids is 1. The highest BCUT2D eigenvalue weighted by Crippen LogP contribution is 2.19. The first-order chi connectivity index (χ1) is 10.6. The zero-order chi connectivity index (χ0) is 15.5. The summed E-state index contributed by atoms with van der Waals surface area (Å²) >= 11 is 0. The number of aromatic nitrogens is 3. The van der Waals surface area contributed by atoms with Gasteiger partial charge in [0.15, 0.2) is 0 Å². The minimum Gasteiger partial charge on any atom is -0.471 e. The molecule has 1 aliphatic heterocycles. The van der Waals surface area contributed by atoms with Crippen LogP contribution in [-0.2, 0) is 11.2 Å². The largest absolute Gasteiger partial charge is 0.471 e. The van der Waals surface area contributed by atoms with Crippen molar-refractivity contribution in [1.29, 1.82) is 0 Å². The van der Waals surface area contributed by atoms with Gasteiger partial charge in [-0.25, -0.2) is 0 Å². The monoisotopic (exact) mass is 302 g/mol. The summed E-state index contributed by atoms with van der Waals surface area (Å²) in [5.41, 5.74) is 1.65. The molecule has 0 aliphatic carbocycles. The maximum atomic E-state index is 12.4. The smallest absolute Gasteiger partial charge is 0.233 e. The number of hydrogen-bond acceptors (Lipinski definition) is 6. The summed E-state index contributed by atoms with van der Waals surface area (Å²) in [5.74, 6) is 1.27. The third-order valence-electron chi connectivity index (χ3n) is 3.84. The second kappa shape index (κ2) is 6.13. The fourth-order valence-electron chi connectivity index (χ4n) is 2.59. The van der Waals surface area contributed by atoms with Crippen molar-refractivity contribution in [2.75, 3.05) is 13.1 Å². The first-order valence-electron chi connectivity index (χ1n) is 7.27. The summed E-state index contributed by atoms with van der Waals surface area (Å²) in [6, 6.07) is 3.54. The van der Waals surface area contributed by atoms with Crippen molar-refractivity contribution in [1.82, 2.24) is 20.3 Å². The van der Waals surface area contributed by atoms with Crippen LogP contribution in [0.3, 0.4) is 0 Å². The number of rotatable bonds is 4. The molecule has 1 atom stereocenters. The van der Waals surface area contributed by atoms with E-state index in [1.54, 1.807) is 18.3 Å². The van der Waals surface area contributed by atoms with Crippen LogP contribution in [0.1, 0.15) is 23.4 Å². The molecule has 1 amide bonds. The Labute approximate surface area is 128 Å². The molecule has 7 heteroatoms. The highest BCUT2D eigenvalue weighted by Gasteiger charge is 2.28. The van der Waals surface area contributed by atoms with E-state index in [1.807, 2.05) is 18.7 Å². The molecule has 1 fully saturated rings. The van der Waals surface area contributed by atoms with Crippen LogP contribution in [0, 0.1) is 13.8 Å². The Kier molecular flexibility index (Phi) is 4.04. The summed E-state index contributed by atoms with van der Waals surface area (Å²) in [7, 11) is 0. The third kappa shape index (κ3) is 3.08. The minimum atomic E-state index is -0.0367. The second-order valence-corrected chi connectivity index (χ2v) is 5.41. The van der Waals surface area contributed by atoms with Gasteiger partial charge in [-0.15, -0.1) is 5.10 Å². The van der Waals surface area contributed by atoms with Crippen LogP contribution in [0.25, 0.3) is 0 Å². The van der Waals surface area contributed by atoms with Crippen LogP contribution in [0.4, 0.5) is 0 Å². The van der Waals surface area contributed by atoms with E-state index in [1.165, 1.54) is 0 Å². The van der Waals surface area contributed by atoms with Crippen LogP contribution < -0.4 is 4.74 Å². The standard InChI is InChI=1S/C15H18N4O3/c1-10-13(11(2)22-18-10)8-15(20)19-7-5-12(9-19)21-14-4-3-6-16-17-14/h3-4,6,12H,5,7-9H2,1-2H3/t12-/m1/s1. The van der Waals surface area contributed by atoms with Gasteiger partial charge in [0.2, 0.25) is 11.8 Å². The average molecular weight is 302 g/mol. The Balaban J connectivity index is 1.57. The number of aryl methyl sites for hydroxylation is 2. The molecule has 3 heterocycles. The second-order valence-electron chi connectivity index (χ2n) is 5.41. The molecule has 22 heavy (non-hydrogen) atoms. The zero-order valence-electron chi connectivity index (χ0n) is 12.7. The predicted octanol–water partition coefficient (Wildman–Crippen LogP) is 1.30. The normalized spacial score (nSPS) is 17.7. The van der Waals surface area contributed by atoms with E-state index in [0.717, 1.165) is 17.7 Å². The lowest BCUT2D eigenvalue weighted by atomic mass is 10.1. The molecular formula is C15H18N4O3. The Morgan fingerprint density at radius 3 is 3.05 bits per heavy atom. The molecule has 0 bridgehead atoms. The van der Waals surface area contributed by atoms with E-state index < -0.39 is 0 Å². The quantitative estimate of drug-likeness (QED) is 0.847. The molecular weight excluding hydrogens is 284 g/mol. The number of ether oxygens (including phenoxy) is 1. The molecule has 7 nitrogen and oxygen atoms in total. The molecule has 0 spiro atoms. The Bertz CT molecular complexity index is 637. The molecule has 0 aromatic carbocycles. The molecule has 1 aliphatic rings. The van der Waals surface area contributed by atoms with Gasteiger partial charge in [0.1, 0.15) is 11.9 Å². The molecule has 0 N–H and O–H groups in total.